The van der Waals surface area contributed by atoms with Gasteiger partial charge in [-0.1, -0.05) is 24.3 Å². The van der Waals surface area contributed by atoms with Crippen molar-refractivity contribution in [1.29, 1.82) is 0 Å². The molecule has 1 N–H and O–H groups in total. The van der Waals surface area contributed by atoms with Crippen LogP contribution >= 0.6 is 0 Å². The predicted molar refractivity (Wildman–Crippen MR) is 133 cm³/mol. The monoisotopic (exact) mass is 478 g/mol. The summed E-state index contributed by atoms with van der Waals surface area (Å²) < 4.78 is 16.5. The third kappa shape index (κ3) is 5.49. The molecule has 3 aromatic carbocycles. The maximum atomic E-state index is 12.8. The number of aromatic carboxylic acids is 1. The number of carboxylic acids is 1. The number of methoxy groups -OCH3 is 2. The number of ether oxygens (including phenoxy) is 3. The Balaban J connectivity index is 1.35. The summed E-state index contributed by atoms with van der Waals surface area (Å²) in [4.78, 5) is 28.6. The van der Waals surface area contributed by atoms with Crippen molar-refractivity contribution in [2.24, 2.45) is 0 Å². The van der Waals surface area contributed by atoms with Gasteiger partial charge in [-0.15, -0.1) is 0 Å². The molecule has 0 radical (unpaired) electrons. The first kappa shape index (κ1) is 24.3. The molecule has 0 aliphatic carbocycles. The number of nitrogens with zero attached hydrogens (tertiary/aromatic N) is 2. The van der Waals surface area contributed by atoms with Crippen molar-refractivity contribution in [3.8, 4) is 17.2 Å². The maximum absolute atomic E-state index is 12.8. The topological polar surface area (TPSA) is 88.5 Å². The number of carboxylic acid groups (broad SMARTS) is 1. The summed E-state index contributed by atoms with van der Waals surface area (Å²) in [6.07, 6.45) is 0. The Labute approximate surface area is 204 Å². The fourth-order valence-electron chi connectivity index (χ4n) is 4.33. The first-order chi connectivity index (χ1) is 16.9. The van der Waals surface area contributed by atoms with Crippen LogP contribution in [0, 0.1) is 6.92 Å². The van der Waals surface area contributed by atoms with Crippen LogP contribution in [0.1, 0.15) is 21.5 Å². The van der Waals surface area contributed by atoms with Gasteiger partial charge in [0.05, 0.1) is 14.2 Å². The number of amides is 1. The lowest BCUT2D eigenvalue weighted by Gasteiger charge is -2.35. The minimum absolute atomic E-state index is 0.0478. The smallest absolute Gasteiger partial charge is 0.339 e. The van der Waals surface area contributed by atoms with Crippen LogP contribution < -0.4 is 14.2 Å². The van der Waals surface area contributed by atoms with Gasteiger partial charge in [-0.05, 0) is 53.1 Å². The van der Waals surface area contributed by atoms with Crippen molar-refractivity contribution in [3.05, 3.63) is 65.2 Å². The maximum Gasteiger partial charge on any atom is 0.339 e. The minimum atomic E-state index is -1.09. The standard InChI is InChI=1S/C27H30N2O6/c1-18-12-24(33-2)25(34-3)15-21(18)16-28-8-10-29(11-9-28)26(30)17-35-23-14-20-7-5-4-6-19(20)13-22(23)27(31)32/h4-7,12-15H,8-11,16-17H2,1-3H3,(H,31,32). The summed E-state index contributed by atoms with van der Waals surface area (Å²) in [6, 6.07) is 14.7. The van der Waals surface area contributed by atoms with Crippen LogP contribution in [0.2, 0.25) is 0 Å². The largest absolute Gasteiger partial charge is 0.493 e. The summed E-state index contributed by atoms with van der Waals surface area (Å²) in [5.74, 6) is 0.371. The number of carbonyl (C=O) groups excluding carboxylic acids is 1. The van der Waals surface area contributed by atoms with Crippen LogP contribution in [0.5, 0.6) is 17.2 Å². The Hall–Kier alpha value is -3.78. The Morgan fingerprint density at radius 3 is 2.14 bits per heavy atom. The van der Waals surface area contributed by atoms with Gasteiger partial charge in [-0.25, -0.2) is 4.79 Å². The minimum Gasteiger partial charge on any atom is -0.493 e. The molecule has 0 saturated carbocycles. The van der Waals surface area contributed by atoms with E-state index in [0.717, 1.165) is 41.5 Å². The highest BCUT2D eigenvalue weighted by Crippen LogP contribution is 2.31. The number of aryl methyl sites for hydroxylation is 1. The molecule has 1 fully saturated rings. The Bertz CT molecular complexity index is 1230. The lowest BCUT2D eigenvalue weighted by Crippen LogP contribution is -2.49. The molecular weight excluding hydrogens is 448 g/mol. The number of fused-ring (bicyclic) bond motifs is 1. The van der Waals surface area contributed by atoms with Gasteiger partial charge in [0, 0.05) is 32.7 Å². The van der Waals surface area contributed by atoms with Crippen LogP contribution in [0.4, 0.5) is 0 Å². The van der Waals surface area contributed by atoms with E-state index in [4.69, 9.17) is 14.2 Å². The molecule has 8 heteroatoms. The van der Waals surface area contributed by atoms with Crippen molar-refractivity contribution < 1.29 is 28.9 Å². The highest BCUT2D eigenvalue weighted by Gasteiger charge is 2.23. The molecule has 1 amide bonds. The van der Waals surface area contributed by atoms with Crippen LogP contribution in [-0.2, 0) is 11.3 Å². The SMILES string of the molecule is COc1cc(C)c(CN2CCN(C(=O)COc3cc4ccccc4cc3C(=O)O)CC2)cc1OC. The van der Waals surface area contributed by atoms with Gasteiger partial charge in [0.1, 0.15) is 11.3 Å². The number of hydrogen-bond donors (Lipinski definition) is 1. The lowest BCUT2D eigenvalue weighted by molar-refractivity contribution is -0.135. The van der Waals surface area contributed by atoms with Crippen molar-refractivity contribution in [2.45, 2.75) is 13.5 Å². The molecule has 0 atom stereocenters. The van der Waals surface area contributed by atoms with E-state index in [1.165, 1.54) is 0 Å². The third-order valence-corrected chi connectivity index (χ3v) is 6.39. The van der Waals surface area contributed by atoms with E-state index in [9.17, 15) is 14.7 Å². The van der Waals surface area contributed by atoms with Crippen molar-refractivity contribution in [1.82, 2.24) is 9.80 Å². The van der Waals surface area contributed by atoms with E-state index in [1.807, 2.05) is 43.3 Å². The number of rotatable bonds is 8. The van der Waals surface area contributed by atoms with E-state index in [0.29, 0.717) is 24.6 Å². The summed E-state index contributed by atoms with van der Waals surface area (Å²) in [6.45, 7) is 5.23. The molecule has 8 nitrogen and oxygen atoms in total. The van der Waals surface area contributed by atoms with Crippen LogP contribution in [0.15, 0.2) is 48.5 Å². The highest BCUT2D eigenvalue weighted by molar-refractivity contribution is 5.97. The molecule has 3 aromatic rings. The van der Waals surface area contributed by atoms with Crippen molar-refractivity contribution in [2.75, 3.05) is 47.0 Å². The Morgan fingerprint density at radius 2 is 1.51 bits per heavy atom. The zero-order chi connectivity index (χ0) is 24.9. The second-order valence-electron chi connectivity index (χ2n) is 8.58. The lowest BCUT2D eigenvalue weighted by atomic mass is 10.1. The van der Waals surface area contributed by atoms with E-state index >= 15 is 0 Å². The van der Waals surface area contributed by atoms with Gasteiger partial charge in [0.15, 0.2) is 18.1 Å². The first-order valence-corrected chi connectivity index (χ1v) is 11.5. The van der Waals surface area contributed by atoms with Crippen molar-refractivity contribution >= 4 is 22.6 Å². The molecule has 0 aromatic heterocycles. The van der Waals surface area contributed by atoms with Gasteiger partial charge in [-0.3, -0.25) is 9.69 Å². The number of carbonyl (C=O) groups is 2. The van der Waals surface area contributed by atoms with E-state index in [1.54, 1.807) is 31.3 Å². The average Bonchev–Trinajstić information content (AvgIpc) is 2.87. The molecule has 0 bridgehead atoms. The molecule has 1 heterocycles. The number of hydrogen-bond acceptors (Lipinski definition) is 6. The second kappa shape index (κ2) is 10.7. The molecule has 0 unspecified atom stereocenters. The molecule has 1 aliphatic rings. The molecular formula is C27H30N2O6. The zero-order valence-corrected chi connectivity index (χ0v) is 20.2. The summed E-state index contributed by atoms with van der Waals surface area (Å²) in [5.41, 5.74) is 2.33. The van der Waals surface area contributed by atoms with E-state index in [2.05, 4.69) is 4.90 Å². The highest BCUT2D eigenvalue weighted by atomic mass is 16.5. The second-order valence-corrected chi connectivity index (χ2v) is 8.58. The van der Waals surface area contributed by atoms with Gasteiger partial charge < -0.3 is 24.2 Å². The van der Waals surface area contributed by atoms with Gasteiger partial charge >= 0.3 is 5.97 Å². The normalized spacial score (nSPS) is 14.1. The fourth-order valence-corrected chi connectivity index (χ4v) is 4.33. The zero-order valence-electron chi connectivity index (χ0n) is 20.2. The first-order valence-electron chi connectivity index (χ1n) is 11.5. The molecule has 4 rings (SSSR count). The van der Waals surface area contributed by atoms with E-state index < -0.39 is 5.97 Å². The quantitative estimate of drug-likeness (QED) is 0.529. The molecule has 0 spiro atoms. The van der Waals surface area contributed by atoms with Gasteiger partial charge in [0.25, 0.3) is 5.91 Å². The van der Waals surface area contributed by atoms with E-state index in [-0.39, 0.29) is 23.8 Å². The van der Waals surface area contributed by atoms with Gasteiger partial charge in [0.2, 0.25) is 0 Å². The van der Waals surface area contributed by atoms with Gasteiger partial charge in [-0.2, -0.15) is 0 Å². The average molecular weight is 479 g/mol. The summed E-state index contributed by atoms with van der Waals surface area (Å²) in [7, 11) is 3.25. The molecule has 35 heavy (non-hydrogen) atoms. The van der Waals surface area contributed by atoms with Crippen LogP contribution in [0.25, 0.3) is 10.8 Å². The summed E-state index contributed by atoms with van der Waals surface area (Å²) >= 11 is 0. The predicted octanol–water partition coefficient (Wildman–Crippen LogP) is 3.59. The molecule has 1 aliphatic heterocycles. The Morgan fingerprint density at radius 1 is 0.886 bits per heavy atom. The number of piperazine rings is 1. The Kier molecular flexibility index (Phi) is 7.41. The number of benzene rings is 3. The van der Waals surface area contributed by atoms with Crippen LogP contribution in [-0.4, -0.2) is 73.8 Å². The fraction of sp³-hybridized carbons (Fsp3) is 0.333. The molecule has 1 saturated heterocycles. The third-order valence-electron chi connectivity index (χ3n) is 6.39. The summed E-state index contributed by atoms with van der Waals surface area (Å²) in [5, 5.41) is 11.2. The molecule has 184 valence electrons. The van der Waals surface area contributed by atoms with Crippen LogP contribution in [0.3, 0.4) is 0 Å². The van der Waals surface area contributed by atoms with Crippen molar-refractivity contribution in [3.63, 3.8) is 0 Å².